The maximum absolute atomic E-state index is 8.88. The molecule has 5 heterocycles. The van der Waals surface area contributed by atoms with Crippen molar-refractivity contribution in [3.05, 3.63) is 42.1 Å². The van der Waals surface area contributed by atoms with Gasteiger partial charge in [0, 0.05) is 25.2 Å². The lowest BCUT2D eigenvalue weighted by Crippen LogP contribution is -2.35. The highest BCUT2D eigenvalue weighted by Crippen LogP contribution is 2.29. The van der Waals surface area contributed by atoms with E-state index in [2.05, 4.69) is 39.7 Å². The van der Waals surface area contributed by atoms with Gasteiger partial charge in [-0.15, -0.1) is 20.4 Å². The van der Waals surface area contributed by atoms with Gasteiger partial charge in [0.2, 0.25) is 0 Å². The van der Waals surface area contributed by atoms with E-state index in [0.29, 0.717) is 5.69 Å². The first kappa shape index (κ1) is 14.8. The zero-order valence-electron chi connectivity index (χ0n) is 13.9. The Morgan fingerprint density at radius 3 is 2.96 bits per heavy atom. The second kappa shape index (κ2) is 5.77. The van der Waals surface area contributed by atoms with E-state index in [1.54, 1.807) is 12.3 Å². The average Bonchev–Trinajstić information content (AvgIpc) is 3.34. The molecule has 0 aromatic carbocycles. The lowest BCUT2D eigenvalue weighted by Gasteiger charge is -2.32. The highest BCUT2D eigenvalue weighted by atomic mass is 15.3. The minimum atomic E-state index is 0.233. The number of nitrogens with one attached hydrogen (secondary N) is 1. The van der Waals surface area contributed by atoms with Crippen LogP contribution in [0.4, 0.5) is 5.82 Å². The molecule has 0 radical (unpaired) electrons. The molecule has 9 nitrogen and oxygen atoms in total. The Bertz CT molecular complexity index is 1120. The van der Waals surface area contributed by atoms with E-state index in [4.69, 9.17) is 5.26 Å². The Labute approximate surface area is 148 Å². The number of aromatic amines is 1. The van der Waals surface area contributed by atoms with Crippen LogP contribution in [0.1, 0.15) is 30.3 Å². The van der Waals surface area contributed by atoms with Crippen molar-refractivity contribution in [3.8, 4) is 6.07 Å². The first-order valence-electron chi connectivity index (χ1n) is 8.49. The molecule has 5 rings (SSSR count). The molecule has 1 aliphatic rings. The van der Waals surface area contributed by atoms with Gasteiger partial charge in [0.15, 0.2) is 22.8 Å². The van der Waals surface area contributed by atoms with Gasteiger partial charge in [0.1, 0.15) is 11.9 Å². The van der Waals surface area contributed by atoms with Gasteiger partial charge >= 0.3 is 0 Å². The third-order valence-electron chi connectivity index (χ3n) is 4.84. The van der Waals surface area contributed by atoms with Gasteiger partial charge in [-0.05, 0) is 31.0 Å². The monoisotopic (exact) mass is 345 g/mol. The van der Waals surface area contributed by atoms with Crippen LogP contribution in [0.2, 0.25) is 0 Å². The van der Waals surface area contributed by atoms with Crippen molar-refractivity contribution < 1.29 is 0 Å². The van der Waals surface area contributed by atoms with Crippen molar-refractivity contribution in [1.82, 2.24) is 34.8 Å². The van der Waals surface area contributed by atoms with Gasteiger partial charge in [-0.3, -0.25) is 4.40 Å². The summed E-state index contributed by atoms with van der Waals surface area (Å²) in [6.45, 7) is 1.70. The molecule has 1 saturated heterocycles. The Morgan fingerprint density at radius 2 is 2.12 bits per heavy atom. The van der Waals surface area contributed by atoms with E-state index in [0.717, 1.165) is 54.4 Å². The van der Waals surface area contributed by atoms with Gasteiger partial charge in [-0.1, -0.05) is 0 Å². The number of aromatic nitrogens is 7. The Kier molecular flexibility index (Phi) is 3.28. The average molecular weight is 345 g/mol. The van der Waals surface area contributed by atoms with Crippen LogP contribution in [0.3, 0.4) is 0 Å². The van der Waals surface area contributed by atoms with Gasteiger partial charge in [-0.2, -0.15) is 5.26 Å². The molecule has 1 aliphatic heterocycles. The molecule has 1 N–H and O–H groups in total. The predicted octanol–water partition coefficient (Wildman–Crippen LogP) is 1.65. The number of H-pyrrole nitrogens is 1. The summed E-state index contributed by atoms with van der Waals surface area (Å²) in [6.07, 6.45) is 5.68. The van der Waals surface area contributed by atoms with Crippen LogP contribution in [0.5, 0.6) is 0 Å². The van der Waals surface area contributed by atoms with Crippen molar-refractivity contribution in [2.45, 2.75) is 18.8 Å². The van der Waals surface area contributed by atoms with Crippen molar-refractivity contribution in [3.63, 3.8) is 0 Å². The summed E-state index contributed by atoms with van der Waals surface area (Å²) >= 11 is 0. The van der Waals surface area contributed by atoms with E-state index in [9.17, 15) is 0 Å². The number of nitrogens with zero attached hydrogens (tertiary/aromatic N) is 8. The second-order valence-corrected chi connectivity index (χ2v) is 6.40. The molecule has 0 aliphatic carbocycles. The summed E-state index contributed by atoms with van der Waals surface area (Å²) in [6, 6.07) is 7.55. The first-order valence-corrected chi connectivity index (χ1v) is 8.49. The topological polar surface area (TPSA) is 112 Å². The molecule has 4 aromatic rings. The summed E-state index contributed by atoms with van der Waals surface area (Å²) in [5.74, 6) is 1.96. The normalized spacial score (nSPS) is 17.7. The van der Waals surface area contributed by atoms with Gasteiger partial charge in [-0.25, -0.2) is 4.98 Å². The fourth-order valence-electron chi connectivity index (χ4n) is 3.61. The molecule has 0 spiro atoms. The second-order valence-electron chi connectivity index (χ2n) is 6.40. The summed E-state index contributed by atoms with van der Waals surface area (Å²) < 4.78 is 2.08. The summed E-state index contributed by atoms with van der Waals surface area (Å²) in [5, 5.41) is 25.8. The molecule has 0 bridgehead atoms. The van der Waals surface area contributed by atoms with Crippen LogP contribution < -0.4 is 4.90 Å². The molecule has 0 amide bonds. The third-order valence-corrected chi connectivity index (χ3v) is 4.84. The van der Waals surface area contributed by atoms with Crippen LogP contribution in [0.15, 0.2) is 30.6 Å². The standard InChI is InChI=1S/C17H15N9/c18-8-12-3-4-14(22-21-12)25-7-1-2-11(10-25)17-24-23-15-9-20-16-13(26(15)17)5-6-19-16/h3-6,9,11,19H,1-2,7,10H2/t11-/m1/s1. The first-order chi connectivity index (χ1) is 12.8. The van der Waals surface area contributed by atoms with E-state index < -0.39 is 0 Å². The lowest BCUT2D eigenvalue weighted by molar-refractivity contribution is 0.486. The van der Waals surface area contributed by atoms with Crippen molar-refractivity contribution >= 4 is 22.6 Å². The van der Waals surface area contributed by atoms with E-state index >= 15 is 0 Å². The maximum Gasteiger partial charge on any atom is 0.179 e. The van der Waals surface area contributed by atoms with Gasteiger partial charge in [0.25, 0.3) is 0 Å². The van der Waals surface area contributed by atoms with Crippen molar-refractivity contribution in [2.24, 2.45) is 0 Å². The number of hydrogen-bond donors (Lipinski definition) is 1. The zero-order chi connectivity index (χ0) is 17.5. The largest absolute Gasteiger partial charge is 0.354 e. The highest BCUT2D eigenvalue weighted by Gasteiger charge is 2.27. The summed E-state index contributed by atoms with van der Waals surface area (Å²) in [4.78, 5) is 9.70. The van der Waals surface area contributed by atoms with Crippen LogP contribution in [0, 0.1) is 11.3 Å². The Morgan fingerprint density at radius 1 is 1.15 bits per heavy atom. The van der Waals surface area contributed by atoms with E-state index in [1.165, 1.54) is 0 Å². The minimum Gasteiger partial charge on any atom is -0.354 e. The van der Waals surface area contributed by atoms with Crippen LogP contribution >= 0.6 is 0 Å². The molecular formula is C17H15N9. The van der Waals surface area contributed by atoms with Crippen LogP contribution in [0.25, 0.3) is 16.8 Å². The van der Waals surface area contributed by atoms with Gasteiger partial charge < -0.3 is 9.88 Å². The molecule has 0 saturated carbocycles. The number of rotatable bonds is 2. The summed E-state index contributed by atoms with van der Waals surface area (Å²) in [5.41, 5.74) is 2.89. The maximum atomic E-state index is 8.88. The number of anilines is 1. The molecule has 9 heteroatoms. The molecular weight excluding hydrogens is 330 g/mol. The number of hydrogen-bond acceptors (Lipinski definition) is 7. The summed E-state index contributed by atoms with van der Waals surface area (Å²) in [7, 11) is 0. The number of nitriles is 1. The van der Waals surface area contributed by atoms with E-state index in [1.807, 2.05) is 24.4 Å². The molecule has 128 valence electrons. The molecule has 26 heavy (non-hydrogen) atoms. The fraction of sp³-hybridized carbons (Fsp3) is 0.294. The molecule has 1 atom stereocenters. The van der Waals surface area contributed by atoms with Crippen molar-refractivity contribution in [1.29, 1.82) is 5.26 Å². The SMILES string of the molecule is N#Cc1ccc(N2CCC[C@@H](c3nnc4cnc5[nH]ccc5n34)C2)nn1. The quantitative estimate of drug-likeness (QED) is 0.588. The van der Waals surface area contributed by atoms with Crippen molar-refractivity contribution in [2.75, 3.05) is 18.0 Å². The fourth-order valence-corrected chi connectivity index (χ4v) is 3.61. The Hall–Kier alpha value is -3.54. The van der Waals surface area contributed by atoms with Crippen LogP contribution in [-0.4, -0.2) is 47.9 Å². The Balaban J connectivity index is 1.51. The van der Waals surface area contributed by atoms with E-state index in [-0.39, 0.29) is 5.92 Å². The highest BCUT2D eigenvalue weighted by molar-refractivity contribution is 5.74. The molecule has 0 unspecified atom stereocenters. The third kappa shape index (κ3) is 2.27. The zero-order valence-corrected chi connectivity index (χ0v) is 13.9. The van der Waals surface area contributed by atoms with Gasteiger partial charge in [0.05, 0.1) is 11.7 Å². The molecule has 1 fully saturated rings. The smallest absolute Gasteiger partial charge is 0.179 e. The lowest BCUT2D eigenvalue weighted by atomic mass is 9.97. The molecule has 4 aromatic heterocycles. The minimum absolute atomic E-state index is 0.233. The number of piperidine rings is 1. The van der Waals surface area contributed by atoms with Crippen LogP contribution in [-0.2, 0) is 0 Å². The number of fused-ring (bicyclic) bond motifs is 3. The predicted molar refractivity (Wildman–Crippen MR) is 93.6 cm³/mol.